The number of nitrogens with zero attached hydrogens (tertiary/aromatic N) is 1. The van der Waals surface area contributed by atoms with Crippen molar-refractivity contribution < 1.29 is 30.0 Å². The summed E-state index contributed by atoms with van der Waals surface area (Å²) in [6.07, 6.45) is -4.78. The smallest absolute Gasteiger partial charge is 0.312 e. The van der Waals surface area contributed by atoms with E-state index in [0.717, 1.165) is 5.37 Å². The number of aliphatic hydroxyl groups excluding tert-OH is 4. The van der Waals surface area contributed by atoms with Crippen LogP contribution in [0.3, 0.4) is 0 Å². The summed E-state index contributed by atoms with van der Waals surface area (Å²) in [6, 6.07) is 5.04. The summed E-state index contributed by atoms with van der Waals surface area (Å²) in [5.74, 6) is -0.690. The summed E-state index contributed by atoms with van der Waals surface area (Å²) >= 11 is 4.64. The highest BCUT2D eigenvalue weighted by atomic mass is 32.1. The minimum Gasteiger partial charge on any atom is -0.454 e. The zero-order valence-electron chi connectivity index (χ0n) is 11.1. The summed E-state index contributed by atoms with van der Waals surface area (Å²) < 4.78 is 4.94. The molecule has 0 saturated carbocycles. The van der Waals surface area contributed by atoms with Gasteiger partial charge in [0.15, 0.2) is 6.10 Å². The quantitative estimate of drug-likeness (QED) is 0.342. The Morgan fingerprint density at radius 2 is 2.05 bits per heavy atom. The second kappa shape index (κ2) is 8.75. The van der Waals surface area contributed by atoms with Crippen molar-refractivity contribution in [2.75, 3.05) is 6.61 Å². The summed E-state index contributed by atoms with van der Waals surface area (Å²) in [4.78, 5) is 15.7. The molecule has 0 unspecified atom stereocenters. The molecule has 0 aliphatic carbocycles. The van der Waals surface area contributed by atoms with Crippen molar-refractivity contribution in [1.82, 2.24) is 4.98 Å². The van der Waals surface area contributed by atoms with E-state index in [1.807, 2.05) is 0 Å². The molecule has 0 amide bonds. The number of aliphatic hydroxyl groups is 4. The largest absolute Gasteiger partial charge is 0.454 e. The first-order valence-corrected chi connectivity index (χ1v) is 6.66. The van der Waals surface area contributed by atoms with Crippen LogP contribution < -0.4 is 0 Å². The van der Waals surface area contributed by atoms with Gasteiger partial charge in [-0.25, -0.2) is 0 Å². The Balaban J connectivity index is 2.60. The topological polar surface area (TPSA) is 120 Å². The Kier molecular flexibility index (Phi) is 7.34. The van der Waals surface area contributed by atoms with Gasteiger partial charge in [-0.3, -0.25) is 9.78 Å². The molecule has 1 aromatic rings. The number of hydrogen-bond donors (Lipinski definition) is 4. The number of esters is 1. The number of pyridine rings is 1. The fourth-order valence-corrected chi connectivity index (χ4v) is 1.77. The maximum Gasteiger partial charge on any atom is 0.312 e. The highest BCUT2D eigenvalue weighted by molar-refractivity contribution is 7.79. The Morgan fingerprint density at radius 1 is 1.33 bits per heavy atom. The minimum absolute atomic E-state index is 0.119. The second-order valence-electron chi connectivity index (χ2n) is 4.32. The van der Waals surface area contributed by atoms with E-state index >= 15 is 0 Å². The van der Waals surface area contributed by atoms with E-state index in [2.05, 4.69) is 17.2 Å². The zero-order valence-corrected chi connectivity index (χ0v) is 11.9. The first kappa shape index (κ1) is 17.6. The number of aromatic nitrogens is 1. The zero-order chi connectivity index (χ0) is 15.8. The summed E-state index contributed by atoms with van der Waals surface area (Å²) in [7, 11) is 0. The molecule has 0 spiro atoms. The van der Waals surface area contributed by atoms with E-state index in [-0.39, 0.29) is 6.42 Å². The molecule has 0 saturated heterocycles. The van der Waals surface area contributed by atoms with Crippen molar-refractivity contribution in [2.24, 2.45) is 0 Å². The third kappa shape index (κ3) is 5.44. The summed E-state index contributed by atoms with van der Waals surface area (Å²) in [5.41, 5.74) is 0.482. The number of thiocarbonyl (C=S) groups is 1. The van der Waals surface area contributed by atoms with Crippen molar-refractivity contribution in [2.45, 2.75) is 30.8 Å². The molecule has 1 rings (SSSR count). The van der Waals surface area contributed by atoms with E-state index in [1.165, 1.54) is 6.20 Å². The van der Waals surface area contributed by atoms with Crippen LogP contribution >= 0.6 is 12.2 Å². The van der Waals surface area contributed by atoms with Crippen LogP contribution in [0, 0.1) is 0 Å². The predicted octanol–water partition coefficient (Wildman–Crippen LogP) is -1.39. The molecule has 1 heterocycles. The second-order valence-corrected chi connectivity index (χ2v) is 4.59. The van der Waals surface area contributed by atoms with Crippen LogP contribution in [0.25, 0.3) is 0 Å². The number of carbonyl (C=O) groups excluding carboxylic acids is 1. The van der Waals surface area contributed by atoms with Crippen LogP contribution in [0.1, 0.15) is 5.69 Å². The third-order valence-electron chi connectivity index (χ3n) is 2.72. The fourth-order valence-electron chi connectivity index (χ4n) is 1.55. The molecule has 4 atom stereocenters. The Labute approximate surface area is 126 Å². The van der Waals surface area contributed by atoms with E-state index in [0.29, 0.717) is 5.69 Å². The lowest BCUT2D eigenvalue weighted by Gasteiger charge is -2.26. The molecule has 7 nitrogen and oxygen atoms in total. The van der Waals surface area contributed by atoms with Gasteiger partial charge in [-0.05, 0) is 12.1 Å². The van der Waals surface area contributed by atoms with Gasteiger partial charge in [0.25, 0.3) is 0 Å². The van der Waals surface area contributed by atoms with Crippen molar-refractivity contribution in [1.29, 1.82) is 0 Å². The lowest BCUT2D eigenvalue weighted by atomic mass is 10.0. The molecule has 21 heavy (non-hydrogen) atoms. The standard InChI is InChI=1S/C13H17NO6S/c15-6-9(16)12(18)13(19)10(7-21)20-11(17)5-8-3-1-2-4-14-8/h1-4,7,9-10,12-13,15-16,18-19H,5-6H2/t9-,10+,12-,13-/m1/s1. The average Bonchev–Trinajstić information content (AvgIpc) is 2.51. The van der Waals surface area contributed by atoms with Crippen LogP contribution in [-0.4, -0.2) is 67.8 Å². The molecule has 0 aliphatic rings. The number of rotatable bonds is 8. The maximum atomic E-state index is 11.7. The van der Waals surface area contributed by atoms with Gasteiger partial charge in [0.05, 0.1) is 18.7 Å². The van der Waals surface area contributed by atoms with Crippen molar-refractivity contribution >= 4 is 23.6 Å². The molecule has 1 aromatic heterocycles. The first-order valence-electron chi connectivity index (χ1n) is 6.19. The van der Waals surface area contributed by atoms with Gasteiger partial charge in [-0.1, -0.05) is 18.3 Å². The SMILES string of the molecule is O=C(Cc1ccccn1)O[C@@H](C=S)[C@@H](O)[C@H](O)[C@H](O)CO. The normalized spacial score (nSPS) is 16.6. The van der Waals surface area contributed by atoms with E-state index < -0.39 is 37.0 Å². The lowest BCUT2D eigenvalue weighted by molar-refractivity contribution is -0.157. The van der Waals surface area contributed by atoms with E-state index in [4.69, 9.17) is 9.84 Å². The Bertz CT molecular complexity index is 457. The average molecular weight is 315 g/mol. The van der Waals surface area contributed by atoms with Gasteiger partial charge in [-0.2, -0.15) is 0 Å². The number of hydrogen-bond acceptors (Lipinski definition) is 8. The van der Waals surface area contributed by atoms with Crippen molar-refractivity contribution in [3.05, 3.63) is 30.1 Å². The van der Waals surface area contributed by atoms with Crippen LogP contribution in [0.15, 0.2) is 24.4 Å². The molecule has 0 aliphatic heterocycles. The molecule has 0 aromatic carbocycles. The number of ether oxygens (including phenoxy) is 1. The maximum absolute atomic E-state index is 11.7. The minimum atomic E-state index is -1.69. The van der Waals surface area contributed by atoms with E-state index in [9.17, 15) is 20.1 Å². The van der Waals surface area contributed by atoms with Gasteiger partial charge >= 0.3 is 5.97 Å². The first-order chi connectivity index (χ1) is 9.99. The van der Waals surface area contributed by atoms with Gasteiger partial charge in [0.1, 0.15) is 18.3 Å². The molecule has 0 bridgehead atoms. The monoisotopic (exact) mass is 315 g/mol. The molecule has 4 N–H and O–H groups in total. The van der Waals surface area contributed by atoms with Gasteiger partial charge < -0.3 is 25.2 Å². The van der Waals surface area contributed by atoms with Gasteiger partial charge in [0, 0.05) is 11.6 Å². The summed E-state index contributed by atoms with van der Waals surface area (Å²) in [5, 5.41) is 38.3. The van der Waals surface area contributed by atoms with Gasteiger partial charge in [-0.15, -0.1) is 0 Å². The number of carbonyl (C=O) groups is 1. The van der Waals surface area contributed by atoms with Crippen molar-refractivity contribution in [3.8, 4) is 0 Å². The molecule has 0 fully saturated rings. The van der Waals surface area contributed by atoms with Crippen molar-refractivity contribution in [3.63, 3.8) is 0 Å². The predicted molar refractivity (Wildman–Crippen MR) is 76.6 cm³/mol. The Hall–Kier alpha value is -1.45. The van der Waals surface area contributed by atoms with Crippen LogP contribution in [0.2, 0.25) is 0 Å². The van der Waals surface area contributed by atoms with Gasteiger partial charge in [0.2, 0.25) is 0 Å². The molecule has 0 radical (unpaired) electrons. The molecule has 8 heteroatoms. The van der Waals surface area contributed by atoms with Crippen LogP contribution in [0.5, 0.6) is 0 Å². The van der Waals surface area contributed by atoms with E-state index in [1.54, 1.807) is 18.2 Å². The fraction of sp³-hybridized carbons (Fsp3) is 0.462. The lowest BCUT2D eigenvalue weighted by Crippen LogP contribution is -2.47. The molecular formula is C13H17NO6S. The molecular weight excluding hydrogens is 298 g/mol. The third-order valence-corrected chi connectivity index (χ3v) is 2.99. The highest BCUT2D eigenvalue weighted by Gasteiger charge is 2.32. The van der Waals surface area contributed by atoms with Crippen LogP contribution in [-0.2, 0) is 16.0 Å². The summed E-state index contributed by atoms with van der Waals surface area (Å²) in [6.45, 7) is -0.746. The highest BCUT2D eigenvalue weighted by Crippen LogP contribution is 2.09. The van der Waals surface area contributed by atoms with Crippen LogP contribution in [0.4, 0.5) is 0 Å². The Morgan fingerprint density at radius 3 is 2.57 bits per heavy atom. The molecule has 116 valence electrons.